The van der Waals surface area contributed by atoms with Gasteiger partial charge in [-0.1, -0.05) is 13.8 Å². The Hall–Kier alpha value is -3.00. The zero-order valence-electron chi connectivity index (χ0n) is 17.5. The highest BCUT2D eigenvalue weighted by Gasteiger charge is 2.27. The molecule has 1 aliphatic carbocycles. The molecule has 158 valence electrons. The van der Waals surface area contributed by atoms with E-state index in [1.165, 1.54) is 0 Å². The third kappa shape index (κ3) is 4.59. The lowest BCUT2D eigenvalue weighted by Gasteiger charge is -2.31. The Balaban J connectivity index is 1.65. The fourth-order valence-electron chi connectivity index (χ4n) is 3.86. The number of hydrogen-bond acceptors (Lipinski definition) is 5. The molecule has 0 aliphatic heterocycles. The summed E-state index contributed by atoms with van der Waals surface area (Å²) in [6.45, 7) is 5.17. The number of H-pyrrole nitrogens is 1. The number of aromatic amines is 1. The minimum atomic E-state index is -0.150. The third-order valence-corrected chi connectivity index (χ3v) is 5.73. The van der Waals surface area contributed by atoms with E-state index in [0.717, 1.165) is 54.7 Å². The van der Waals surface area contributed by atoms with Gasteiger partial charge in [-0.2, -0.15) is 15.3 Å². The van der Waals surface area contributed by atoms with Crippen LogP contribution in [-0.2, 0) is 6.54 Å². The van der Waals surface area contributed by atoms with Crippen LogP contribution < -0.4 is 0 Å². The summed E-state index contributed by atoms with van der Waals surface area (Å²) in [6, 6.07) is 4.23. The van der Waals surface area contributed by atoms with Gasteiger partial charge in [-0.3, -0.25) is 14.5 Å². The fraction of sp³-hybridized carbons (Fsp3) is 0.455. The molecule has 0 saturated heterocycles. The smallest absolute Gasteiger partial charge is 0.0941 e. The molecule has 0 atom stereocenters. The first-order valence-corrected chi connectivity index (χ1v) is 10.7. The molecule has 8 nitrogen and oxygen atoms in total. The Morgan fingerprint density at radius 3 is 2.60 bits per heavy atom. The van der Waals surface area contributed by atoms with Crippen molar-refractivity contribution in [1.82, 2.24) is 34.7 Å². The van der Waals surface area contributed by atoms with Crippen molar-refractivity contribution in [2.45, 2.75) is 58.2 Å². The highest BCUT2D eigenvalue weighted by molar-refractivity contribution is 5.62. The minimum Gasteiger partial charge on any atom is -0.393 e. The Labute approximate surface area is 176 Å². The van der Waals surface area contributed by atoms with Crippen LogP contribution >= 0.6 is 0 Å². The third-order valence-electron chi connectivity index (χ3n) is 5.73. The second-order valence-electron chi connectivity index (χ2n) is 7.92. The SMILES string of the molecule is CCC(CC)n1cc(-c2ccc[nH]ncc(-c3cnn(CC4CC(O)C4)c3)n2)cn1. The summed E-state index contributed by atoms with van der Waals surface area (Å²) in [7, 11) is 0. The molecule has 3 heterocycles. The standard InChI is InChI=1S/C22H29N7O/c1-3-19(4-2)29-15-18(11-26-29)21-6-5-7-23-24-12-22(27-21)17-10-25-28(14-17)13-16-8-20(30)9-16/h5-7,10-12,14-16,19-20,23,30H,3-4,8-9,13H2,1-2H3. The van der Waals surface area contributed by atoms with Crippen LogP contribution in [0.2, 0.25) is 0 Å². The zero-order valence-corrected chi connectivity index (χ0v) is 17.5. The Bertz CT molecular complexity index is 1010. The number of rotatable bonds is 7. The number of aromatic nitrogens is 7. The Kier molecular flexibility index (Phi) is 6.23. The molecule has 0 aromatic carbocycles. The van der Waals surface area contributed by atoms with Crippen LogP contribution in [0.5, 0.6) is 0 Å². The van der Waals surface area contributed by atoms with E-state index in [4.69, 9.17) is 4.98 Å². The summed E-state index contributed by atoms with van der Waals surface area (Å²) in [5.41, 5.74) is 3.42. The van der Waals surface area contributed by atoms with E-state index in [1.54, 1.807) is 12.4 Å². The van der Waals surface area contributed by atoms with Crippen molar-refractivity contribution >= 4 is 0 Å². The summed E-state index contributed by atoms with van der Waals surface area (Å²) in [5, 5.41) is 25.7. The number of hydrogen-bond donors (Lipinski definition) is 2. The first-order valence-electron chi connectivity index (χ1n) is 10.7. The van der Waals surface area contributed by atoms with E-state index >= 15 is 0 Å². The molecule has 4 rings (SSSR count). The lowest BCUT2D eigenvalue weighted by molar-refractivity contribution is 0.0337. The summed E-state index contributed by atoms with van der Waals surface area (Å²) in [4.78, 5) is 4.89. The molecule has 2 N–H and O–H groups in total. The first-order chi connectivity index (χ1) is 14.7. The van der Waals surface area contributed by atoms with E-state index in [2.05, 4.69) is 40.4 Å². The molecule has 8 heteroatoms. The number of aliphatic hydroxyl groups is 1. The molecule has 0 spiro atoms. The topological polar surface area (TPSA) is 97.4 Å². The van der Waals surface area contributed by atoms with E-state index in [0.29, 0.717) is 12.0 Å². The van der Waals surface area contributed by atoms with Gasteiger partial charge in [-0.15, -0.1) is 0 Å². The highest BCUT2D eigenvalue weighted by Crippen LogP contribution is 2.29. The largest absolute Gasteiger partial charge is 0.393 e. The van der Waals surface area contributed by atoms with Crippen LogP contribution in [0.25, 0.3) is 22.5 Å². The van der Waals surface area contributed by atoms with Crippen molar-refractivity contribution in [2.24, 2.45) is 5.92 Å². The van der Waals surface area contributed by atoms with Gasteiger partial charge in [-0.05, 0) is 43.7 Å². The first kappa shape index (κ1) is 20.3. The van der Waals surface area contributed by atoms with Gasteiger partial charge in [0.2, 0.25) is 0 Å². The van der Waals surface area contributed by atoms with Gasteiger partial charge in [0.05, 0.1) is 42.1 Å². The second kappa shape index (κ2) is 9.21. The molecular weight excluding hydrogens is 378 g/mol. The molecule has 1 aliphatic rings. The molecule has 0 unspecified atom stereocenters. The van der Waals surface area contributed by atoms with Gasteiger partial charge in [0.15, 0.2) is 0 Å². The average molecular weight is 408 g/mol. The van der Waals surface area contributed by atoms with Crippen molar-refractivity contribution in [3.63, 3.8) is 0 Å². The minimum absolute atomic E-state index is 0.150. The lowest BCUT2D eigenvalue weighted by atomic mass is 9.82. The predicted molar refractivity (Wildman–Crippen MR) is 115 cm³/mol. The quantitative estimate of drug-likeness (QED) is 0.621. The summed E-state index contributed by atoms with van der Waals surface area (Å²) in [6.07, 6.45) is 14.8. The Morgan fingerprint density at radius 2 is 1.83 bits per heavy atom. The molecule has 0 radical (unpaired) electrons. The van der Waals surface area contributed by atoms with E-state index in [9.17, 15) is 5.11 Å². The Morgan fingerprint density at radius 1 is 1.07 bits per heavy atom. The van der Waals surface area contributed by atoms with Gasteiger partial charge in [-0.25, -0.2) is 4.98 Å². The molecule has 1 fully saturated rings. The van der Waals surface area contributed by atoms with Crippen molar-refractivity contribution in [1.29, 1.82) is 0 Å². The van der Waals surface area contributed by atoms with E-state index < -0.39 is 0 Å². The van der Waals surface area contributed by atoms with Crippen molar-refractivity contribution in [3.05, 3.63) is 49.3 Å². The summed E-state index contributed by atoms with van der Waals surface area (Å²) >= 11 is 0. The van der Waals surface area contributed by atoms with E-state index in [1.807, 2.05) is 40.1 Å². The monoisotopic (exact) mass is 407 g/mol. The molecule has 3 aromatic rings. The fourth-order valence-corrected chi connectivity index (χ4v) is 3.86. The van der Waals surface area contributed by atoms with Crippen LogP contribution in [0.1, 0.15) is 45.6 Å². The second-order valence-corrected chi connectivity index (χ2v) is 7.92. The van der Waals surface area contributed by atoms with Crippen LogP contribution in [-0.4, -0.2) is 46.0 Å². The maximum absolute atomic E-state index is 9.50. The zero-order chi connectivity index (χ0) is 20.9. The van der Waals surface area contributed by atoms with Crippen LogP contribution in [0, 0.1) is 5.92 Å². The molecule has 1 saturated carbocycles. The van der Waals surface area contributed by atoms with E-state index in [-0.39, 0.29) is 6.10 Å². The summed E-state index contributed by atoms with van der Waals surface area (Å²) < 4.78 is 3.95. The number of nitrogens with zero attached hydrogens (tertiary/aromatic N) is 6. The molecule has 0 amide bonds. The molecule has 0 bridgehead atoms. The molecular formula is C22H29N7O. The normalized spacial score (nSPS) is 18.3. The van der Waals surface area contributed by atoms with Gasteiger partial charge < -0.3 is 5.11 Å². The van der Waals surface area contributed by atoms with Gasteiger partial charge >= 0.3 is 0 Å². The van der Waals surface area contributed by atoms with Gasteiger partial charge in [0.25, 0.3) is 0 Å². The van der Waals surface area contributed by atoms with Crippen molar-refractivity contribution in [2.75, 3.05) is 0 Å². The molecule has 3 aromatic heterocycles. The maximum Gasteiger partial charge on any atom is 0.0941 e. The maximum atomic E-state index is 9.50. The van der Waals surface area contributed by atoms with Crippen LogP contribution in [0.15, 0.2) is 49.3 Å². The van der Waals surface area contributed by atoms with Crippen LogP contribution in [0.4, 0.5) is 0 Å². The summed E-state index contributed by atoms with van der Waals surface area (Å²) in [5.74, 6) is 0.487. The van der Waals surface area contributed by atoms with Gasteiger partial charge in [0.1, 0.15) is 0 Å². The predicted octanol–water partition coefficient (Wildman–Crippen LogP) is 3.79. The van der Waals surface area contributed by atoms with Crippen molar-refractivity contribution < 1.29 is 5.11 Å². The lowest BCUT2D eigenvalue weighted by Crippen LogP contribution is -2.31. The van der Waals surface area contributed by atoms with Crippen molar-refractivity contribution in [3.8, 4) is 22.5 Å². The van der Waals surface area contributed by atoms with Gasteiger partial charge in [0, 0.05) is 36.3 Å². The average Bonchev–Trinajstić information content (AvgIpc) is 3.39. The highest BCUT2D eigenvalue weighted by atomic mass is 16.3. The number of nitrogens with one attached hydrogen (secondary N) is 1. The van der Waals surface area contributed by atoms with Crippen LogP contribution in [0.3, 0.4) is 0 Å². The number of aliphatic hydroxyl groups excluding tert-OH is 1. The molecule has 30 heavy (non-hydrogen) atoms.